The normalized spacial score (nSPS) is 18.8. The highest BCUT2D eigenvalue weighted by molar-refractivity contribution is 7.85. The van der Waals surface area contributed by atoms with Crippen molar-refractivity contribution in [2.75, 3.05) is 38.7 Å². The molecule has 0 bridgehead atoms. The molecule has 0 heterocycles. The Kier molecular flexibility index (Phi) is 9.37. The molecular formula is C13H26NO6S-. The second kappa shape index (κ2) is 10.5. The Morgan fingerprint density at radius 1 is 1.19 bits per heavy atom. The number of nitrogens with one attached hydrogen (secondary N) is 1. The van der Waals surface area contributed by atoms with Gasteiger partial charge in [0.1, 0.15) is 0 Å². The maximum absolute atomic E-state index is 10.9. The van der Waals surface area contributed by atoms with Gasteiger partial charge in [-0.2, -0.15) is 0 Å². The van der Waals surface area contributed by atoms with Crippen LogP contribution >= 0.6 is 0 Å². The third-order valence-electron chi connectivity index (χ3n) is 3.45. The summed E-state index contributed by atoms with van der Waals surface area (Å²) in [4.78, 5) is 0. The van der Waals surface area contributed by atoms with Crippen LogP contribution in [-0.4, -0.2) is 68.9 Å². The minimum absolute atomic E-state index is 0.0679. The minimum atomic E-state index is -4.32. The monoisotopic (exact) mass is 324 g/mol. The van der Waals surface area contributed by atoms with Crippen LogP contribution in [0.25, 0.3) is 0 Å². The van der Waals surface area contributed by atoms with Crippen LogP contribution < -0.4 is 5.32 Å². The van der Waals surface area contributed by atoms with Gasteiger partial charge in [-0.1, -0.05) is 19.3 Å². The summed E-state index contributed by atoms with van der Waals surface area (Å²) in [6, 6.07) is 0.379. The van der Waals surface area contributed by atoms with Crippen molar-refractivity contribution in [3.8, 4) is 0 Å². The first kappa shape index (κ1) is 18.8. The summed E-state index contributed by atoms with van der Waals surface area (Å²) in [6.07, 6.45) is 5.10. The third kappa shape index (κ3) is 10.2. The minimum Gasteiger partial charge on any atom is -0.748 e. The maximum atomic E-state index is 10.9. The molecular weight excluding hydrogens is 298 g/mol. The average molecular weight is 324 g/mol. The zero-order chi connectivity index (χ0) is 15.6. The first-order valence-corrected chi connectivity index (χ1v) is 9.06. The largest absolute Gasteiger partial charge is 0.748 e. The van der Waals surface area contributed by atoms with Crippen LogP contribution in [0.1, 0.15) is 32.1 Å². The van der Waals surface area contributed by atoms with E-state index in [4.69, 9.17) is 14.6 Å². The molecule has 1 atom stereocenters. The number of hydrogen-bond donors (Lipinski definition) is 2. The highest BCUT2D eigenvalue weighted by Crippen LogP contribution is 2.17. The molecule has 126 valence electrons. The molecule has 0 aromatic rings. The van der Waals surface area contributed by atoms with E-state index in [1.165, 1.54) is 19.3 Å². The van der Waals surface area contributed by atoms with Gasteiger partial charge in [-0.3, -0.25) is 0 Å². The van der Waals surface area contributed by atoms with Crippen molar-refractivity contribution in [2.24, 2.45) is 0 Å². The van der Waals surface area contributed by atoms with Crippen molar-refractivity contribution in [3.63, 3.8) is 0 Å². The van der Waals surface area contributed by atoms with Crippen molar-refractivity contribution < 1.29 is 27.6 Å². The van der Waals surface area contributed by atoms with E-state index in [-0.39, 0.29) is 26.4 Å². The fourth-order valence-corrected chi connectivity index (χ4v) is 3.11. The van der Waals surface area contributed by atoms with Crippen molar-refractivity contribution in [1.29, 1.82) is 0 Å². The molecule has 21 heavy (non-hydrogen) atoms. The lowest BCUT2D eigenvalue weighted by molar-refractivity contribution is 0.00416. The van der Waals surface area contributed by atoms with Crippen LogP contribution in [0.3, 0.4) is 0 Å². The molecule has 0 radical (unpaired) electrons. The number of rotatable bonds is 11. The van der Waals surface area contributed by atoms with E-state index in [2.05, 4.69) is 5.32 Å². The summed E-state index contributed by atoms with van der Waals surface area (Å²) in [5, 5.41) is 11.8. The summed E-state index contributed by atoms with van der Waals surface area (Å²) in [6.45, 7) is 0.966. The van der Waals surface area contributed by atoms with Gasteiger partial charge in [-0.05, 0) is 12.8 Å². The molecule has 1 saturated carbocycles. The second-order valence-electron chi connectivity index (χ2n) is 5.30. The molecule has 7 nitrogen and oxygen atoms in total. The molecule has 0 saturated heterocycles. The number of aliphatic hydroxyl groups is 1. The van der Waals surface area contributed by atoms with E-state index in [9.17, 15) is 13.0 Å². The predicted molar refractivity (Wildman–Crippen MR) is 77.1 cm³/mol. The average Bonchev–Trinajstić information content (AvgIpc) is 2.44. The van der Waals surface area contributed by atoms with Crippen LogP contribution in [-0.2, 0) is 19.6 Å². The lowest BCUT2D eigenvalue weighted by atomic mass is 9.95. The lowest BCUT2D eigenvalue weighted by Gasteiger charge is -2.26. The Bertz CT molecular complexity index is 356. The smallest absolute Gasteiger partial charge is 0.0972 e. The molecule has 8 heteroatoms. The predicted octanol–water partition coefficient (Wildman–Crippen LogP) is -0.152. The number of hydrogen-bond acceptors (Lipinski definition) is 7. The summed E-state index contributed by atoms with van der Waals surface area (Å²) < 4.78 is 43.1. The van der Waals surface area contributed by atoms with Crippen LogP contribution in [0.5, 0.6) is 0 Å². The summed E-state index contributed by atoms with van der Waals surface area (Å²) in [7, 11) is -4.32. The van der Waals surface area contributed by atoms with Crippen LogP contribution in [0, 0.1) is 0 Å². The maximum Gasteiger partial charge on any atom is 0.0972 e. The van der Waals surface area contributed by atoms with Crippen molar-refractivity contribution in [3.05, 3.63) is 0 Å². The summed E-state index contributed by atoms with van der Waals surface area (Å²) >= 11 is 0. The highest BCUT2D eigenvalue weighted by atomic mass is 32.2. The lowest BCUT2D eigenvalue weighted by Crippen LogP contribution is -2.41. The zero-order valence-corrected chi connectivity index (χ0v) is 13.1. The Hall–Kier alpha value is -0.250. The van der Waals surface area contributed by atoms with E-state index >= 15 is 0 Å². The molecule has 0 amide bonds. The fourth-order valence-electron chi connectivity index (χ4n) is 2.44. The topological polar surface area (TPSA) is 108 Å². The molecule has 1 aliphatic rings. The molecule has 1 fully saturated rings. The van der Waals surface area contributed by atoms with E-state index < -0.39 is 22.0 Å². The first-order valence-electron chi connectivity index (χ1n) is 7.48. The van der Waals surface area contributed by atoms with Gasteiger partial charge in [-0.25, -0.2) is 8.42 Å². The third-order valence-corrected chi connectivity index (χ3v) is 4.23. The van der Waals surface area contributed by atoms with Crippen molar-refractivity contribution in [2.45, 2.75) is 44.2 Å². The van der Waals surface area contributed by atoms with Gasteiger partial charge in [0.2, 0.25) is 0 Å². The summed E-state index contributed by atoms with van der Waals surface area (Å²) in [5.41, 5.74) is 0. The Morgan fingerprint density at radius 3 is 2.52 bits per heavy atom. The van der Waals surface area contributed by atoms with E-state index in [0.717, 1.165) is 12.8 Å². The molecule has 1 rings (SSSR count). The molecule has 1 unspecified atom stereocenters. The Morgan fingerprint density at radius 2 is 1.90 bits per heavy atom. The van der Waals surface area contributed by atoms with Gasteiger partial charge in [0, 0.05) is 12.6 Å². The van der Waals surface area contributed by atoms with Gasteiger partial charge in [-0.15, -0.1) is 0 Å². The zero-order valence-electron chi connectivity index (χ0n) is 12.3. The van der Waals surface area contributed by atoms with Crippen LogP contribution in [0.2, 0.25) is 0 Å². The van der Waals surface area contributed by atoms with Crippen molar-refractivity contribution >= 4 is 10.1 Å². The Balaban J connectivity index is 2.29. The van der Waals surface area contributed by atoms with Crippen molar-refractivity contribution in [1.82, 2.24) is 5.32 Å². The van der Waals surface area contributed by atoms with Crippen LogP contribution in [0.15, 0.2) is 0 Å². The SMILES string of the molecule is O=S(=O)([O-])CC(CNC1CCCCC1)OCCOCCO. The van der Waals surface area contributed by atoms with E-state index in [1.807, 2.05) is 0 Å². The molecule has 0 aliphatic heterocycles. The van der Waals surface area contributed by atoms with E-state index in [1.54, 1.807) is 0 Å². The molecule has 0 aromatic heterocycles. The molecule has 0 aromatic carbocycles. The Labute approximate surface area is 126 Å². The van der Waals surface area contributed by atoms with Gasteiger partial charge in [0.25, 0.3) is 0 Å². The van der Waals surface area contributed by atoms with Gasteiger partial charge in [0.15, 0.2) is 0 Å². The van der Waals surface area contributed by atoms with Gasteiger partial charge in [0.05, 0.1) is 48.4 Å². The molecule has 0 spiro atoms. The molecule has 2 N–H and O–H groups in total. The van der Waals surface area contributed by atoms with E-state index in [0.29, 0.717) is 12.6 Å². The number of aliphatic hydroxyl groups excluding tert-OH is 1. The fraction of sp³-hybridized carbons (Fsp3) is 1.00. The van der Waals surface area contributed by atoms with Gasteiger partial charge >= 0.3 is 0 Å². The standard InChI is InChI=1S/C13H27NO6S/c15-6-7-19-8-9-20-13(11-21(16,17)18)10-14-12-4-2-1-3-5-12/h12-15H,1-11H2,(H,16,17,18)/p-1. The quantitative estimate of drug-likeness (QED) is 0.402. The molecule has 1 aliphatic carbocycles. The summed E-state index contributed by atoms with van der Waals surface area (Å²) in [5.74, 6) is -0.535. The second-order valence-corrected chi connectivity index (χ2v) is 6.74. The number of ether oxygens (including phenoxy) is 2. The first-order chi connectivity index (χ1) is 10.0. The van der Waals surface area contributed by atoms with Gasteiger partial charge < -0.3 is 24.4 Å². The highest BCUT2D eigenvalue weighted by Gasteiger charge is 2.17. The van der Waals surface area contributed by atoms with Crippen LogP contribution in [0.4, 0.5) is 0 Å².